The molecule has 0 spiro atoms. The Morgan fingerprint density at radius 1 is 0.605 bits per heavy atom. The van der Waals surface area contributed by atoms with Crippen LogP contribution < -0.4 is 10.6 Å². The molecule has 0 heterocycles. The van der Waals surface area contributed by atoms with E-state index in [2.05, 4.69) is 10.6 Å². The van der Waals surface area contributed by atoms with Crippen molar-refractivity contribution in [1.29, 1.82) is 0 Å². The number of carboxylic acids is 2. The molecule has 2 unspecified atom stereocenters. The zero-order valence-corrected chi connectivity index (χ0v) is 21.8. The van der Waals surface area contributed by atoms with Crippen LogP contribution in [0.25, 0.3) is 0 Å². The van der Waals surface area contributed by atoms with Gasteiger partial charge in [0.25, 0.3) is 0 Å². The van der Waals surface area contributed by atoms with Gasteiger partial charge < -0.3 is 25.5 Å². The number of rotatable bonds is 10. The van der Waals surface area contributed by atoms with E-state index in [1.165, 1.54) is 0 Å². The molecule has 3 aromatic carbocycles. The van der Waals surface area contributed by atoms with E-state index in [1.54, 1.807) is 60.7 Å². The maximum absolute atomic E-state index is 11.4. The highest BCUT2D eigenvalue weighted by Gasteiger charge is 2.20. The van der Waals surface area contributed by atoms with Crippen molar-refractivity contribution in [2.75, 3.05) is 34.4 Å². The molecule has 7 N–H and O–H groups in total. The van der Waals surface area contributed by atoms with E-state index in [0.717, 1.165) is 33.2 Å². The van der Waals surface area contributed by atoms with Crippen molar-refractivity contribution in [2.24, 2.45) is 0 Å². The molecule has 0 saturated heterocycles. The molecule has 38 heavy (non-hydrogen) atoms. The minimum absolute atomic E-state index is 0.322. The second kappa shape index (κ2) is 24.8. The molecule has 3 rings (SSSR count). The highest BCUT2D eigenvalue weighted by Crippen LogP contribution is 2.13. The Hall–Kier alpha value is -3.93. The first-order valence-corrected chi connectivity index (χ1v) is 11.4. The molecular formula is C28H38N2O8. The summed E-state index contributed by atoms with van der Waals surface area (Å²) in [5.74, 6) is -1.95. The predicted molar refractivity (Wildman–Crippen MR) is 146 cm³/mol. The van der Waals surface area contributed by atoms with Gasteiger partial charge in [0.2, 0.25) is 0 Å². The maximum atomic E-state index is 11.4. The summed E-state index contributed by atoms with van der Waals surface area (Å²) in [7, 11) is 3.00. The van der Waals surface area contributed by atoms with E-state index >= 15 is 0 Å². The van der Waals surface area contributed by atoms with Crippen LogP contribution >= 0.6 is 0 Å². The highest BCUT2D eigenvalue weighted by molar-refractivity contribution is 5.76. The number of hydrogen-bond acceptors (Lipinski definition) is 8. The number of hydrogen-bond donors (Lipinski definition) is 7. The average Bonchev–Trinajstić information content (AvgIpc) is 2.99. The number of nitrogens with one attached hydrogen (secondary N) is 2. The Bertz CT molecular complexity index is 914. The van der Waals surface area contributed by atoms with E-state index in [1.807, 2.05) is 30.3 Å². The van der Waals surface area contributed by atoms with Crippen LogP contribution in [0, 0.1) is 0 Å². The number of carboxylic acid groups (broad SMARTS) is 2. The number of carbonyl (C=O) groups excluding carboxylic acids is 1. The van der Waals surface area contributed by atoms with Crippen molar-refractivity contribution in [3.05, 3.63) is 108 Å². The summed E-state index contributed by atoms with van der Waals surface area (Å²) in [6.07, 6.45) is 0.833. The normalized spacial score (nSPS) is 10.6. The first kappa shape index (κ1) is 36.2. The van der Waals surface area contributed by atoms with Crippen molar-refractivity contribution in [3.8, 4) is 0 Å². The first-order valence-electron chi connectivity index (χ1n) is 11.4. The maximum Gasteiger partial charge on any atom is 0.325 e. The fourth-order valence-electron chi connectivity index (χ4n) is 2.95. The lowest BCUT2D eigenvalue weighted by Crippen LogP contribution is -2.37. The van der Waals surface area contributed by atoms with Crippen LogP contribution in [0.4, 0.5) is 0 Å². The van der Waals surface area contributed by atoms with Crippen LogP contribution in [0.2, 0.25) is 0 Å². The molecule has 0 aliphatic carbocycles. The van der Waals surface area contributed by atoms with Crippen LogP contribution in [0.1, 0.15) is 33.6 Å². The van der Waals surface area contributed by atoms with Gasteiger partial charge in [-0.2, -0.15) is 0 Å². The lowest BCUT2D eigenvalue weighted by atomic mass is 10.1. The first-order chi connectivity index (χ1) is 18.5. The van der Waals surface area contributed by atoms with Crippen molar-refractivity contribution in [3.63, 3.8) is 0 Å². The van der Waals surface area contributed by atoms with Gasteiger partial charge in [-0.15, -0.1) is 0 Å². The highest BCUT2D eigenvalue weighted by atomic mass is 16.4. The quantitative estimate of drug-likeness (QED) is 0.152. The minimum atomic E-state index is -0.973. The summed E-state index contributed by atoms with van der Waals surface area (Å²) in [5.41, 5.74) is 2.04. The van der Waals surface area contributed by atoms with Gasteiger partial charge in [-0.05, 0) is 11.1 Å². The van der Waals surface area contributed by atoms with E-state index < -0.39 is 24.0 Å². The summed E-state index contributed by atoms with van der Waals surface area (Å²) >= 11 is 0. The largest absolute Gasteiger partial charge is 0.480 e. The van der Waals surface area contributed by atoms with Crippen LogP contribution in [0.5, 0.6) is 0 Å². The van der Waals surface area contributed by atoms with Gasteiger partial charge >= 0.3 is 11.9 Å². The molecule has 0 aliphatic rings. The Morgan fingerprint density at radius 2 is 0.895 bits per heavy atom. The molecule has 0 aromatic heterocycles. The topological polar surface area (TPSA) is 176 Å². The van der Waals surface area contributed by atoms with Gasteiger partial charge in [-0.1, -0.05) is 91.0 Å². The molecule has 0 fully saturated rings. The third kappa shape index (κ3) is 15.2. The summed E-state index contributed by atoms with van der Waals surface area (Å²) < 4.78 is 0. The van der Waals surface area contributed by atoms with E-state index in [-0.39, 0.29) is 0 Å². The SMILES string of the molecule is CO.CO.CO.O=C(O)C(NCCNC(C(=O)O)c1ccccc1)c1ccccc1.O=Cc1ccccc1. The summed E-state index contributed by atoms with van der Waals surface area (Å²) in [6.45, 7) is 0.644. The molecule has 0 amide bonds. The standard InChI is InChI=1S/C18H20N2O4.C7H6O.3CH4O/c21-17(22)15(13-7-3-1-4-8-13)19-11-12-20-16(18(23)24)14-9-5-2-6-10-14;8-6-7-4-2-1-3-5-7;3*1-2/h1-10,15-16,19-20H,11-12H2,(H,21,22)(H,23,24);1-6H;3*2H,1H3. The number of aldehydes is 1. The Morgan fingerprint density at radius 3 is 1.13 bits per heavy atom. The van der Waals surface area contributed by atoms with Crippen LogP contribution in [-0.2, 0) is 9.59 Å². The number of benzene rings is 3. The average molecular weight is 531 g/mol. The molecule has 0 aliphatic heterocycles. The van der Waals surface area contributed by atoms with Gasteiger partial charge in [0.05, 0.1) is 0 Å². The summed E-state index contributed by atoms with van der Waals surface area (Å²) in [5, 5.41) is 45.5. The molecule has 0 saturated carbocycles. The molecular weight excluding hydrogens is 492 g/mol. The van der Waals surface area contributed by atoms with Gasteiger partial charge in [0.1, 0.15) is 18.4 Å². The fraction of sp³-hybridized carbons (Fsp3) is 0.250. The van der Waals surface area contributed by atoms with Crippen molar-refractivity contribution < 1.29 is 39.9 Å². The third-order valence-electron chi connectivity index (χ3n) is 4.52. The predicted octanol–water partition coefficient (Wildman–Crippen LogP) is 2.14. The molecule has 0 radical (unpaired) electrons. The molecule has 2 atom stereocenters. The van der Waals surface area contributed by atoms with Gasteiger partial charge in [-0.25, -0.2) is 0 Å². The van der Waals surface area contributed by atoms with Gasteiger partial charge in [-0.3, -0.25) is 25.0 Å². The number of aliphatic carboxylic acids is 2. The van der Waals surface area contributed by atoms with Crippen molar-refractivity contribution >= 4 is 18.2 Å². The molecule has 10 nitrogen and oxygen atoms in total. The van der Waals surface area contributed by atoms with E-state index in [4.69, 9.17) is 15.3 Å². The number of carbonyl (C=O) groups is 3. The number of aliphatic hydroxyl groups is 3. The Kier molecular flexibility index (Phi) is 23.6. The van der Waals surface area contributed by atoms with Crippen molar-refractivity contribution in [1.82, 2.24) is 10.6 Å². The zero-order valence-electron chi connectivity index (χ0n) is 21.8. The number of aliphatic hydroxyl groups excluding tert-OH is 3. The van der Waals surface area contributed by atoms with Crippen molar-refractivity contribution in [2.45, 2.75) is 12.1 Å². The molecule has 0 bridgehead atoms. The molecule has 3 aromatic rings. The minimum Gasteiger partial charge on any atom is -0.480 e. The van der Waals surface area contributed by atoms with Gasteiger partial charge in [0.15, 0.2) is 0 Å². The smallest absolute Gasteiger partial charge is 0.325 e. The second-order valence-corrected chi connectivity index (χ2v) is 6.80. The monoisotopic (exact) mass is 530 g/mol. The van der Waals surface area contributed by atoms with E-state index in [0.29, 0.717) is 24.2 Å². The van der Waals surface area contributed by atoms with E-state index in [9.17, 15) is 24.6 Å². The van der Waals surface area contributed by atoms with Gasteiger partial charge in [0, 0.05) is 40.0 Å². The third-order valence-corrected chi connectivity index (χ3v) is 4.52. The Labute approximate surface area is 223 Å². The summed E-state index contributed by atoms with van der Waals surface area (Å²) in [6, 6.07) is 25.2. The second-order valence-electron chi connectivity index (χ2n) is 6.80. The lowest BCUT2D eigenvalue weighted by molar-refractivity contribution is -0.141. The van der Waals surface area contributed by atoms with Crippen LogP contribution in [0.3, 0.4) is 0 Å². The fourth-order valence-corrected chi connectivity index (χ4v) is 2.95. The summed E-state index contributed by atoms with van der Waals surface area (Å²) in [4.78, 5) is 32.8. The Balaban J connectivity index is 0. The lowest BCUT2D eigenvalue weighted by Gasteiger charge is -2.18. The molecule has 10 heteroatoms. The molecule has 208 valence electrons. The zero-order chi connectivity index (χ0) is 29.2. The van der Waals surface area contributed by atoms with Crippen LogP contribution in [0.15, 0.2) is 91.0 Å². The van der Waals surface area contributed by atoms with Crippen LogP contribution in [-0.4, -0.2) is 78.2 Å².